The van der Waals surface area contributed by atoms with Gasteiger partial charge in [-0.3, -0.25) is 4.79 Å². The number of allylic oxidation sites excluding steroid dienone is 8. The predicted molar refractivity (Wildman–Crippen MR) is 187 cm³/mol. The third kappa shape index (κ3) is 32.9. The van der Waals surface area contributed by atoms with Gasteiger partial charge in [-0.15, -0.1) is 0 Å². The number of unbranched alkanes of at least 4 members (excludes halogenated alkanes) is 18. The van der Waals surface area contributed by atoms with Gasteiger partial charge in [0.2, 0.25) is 0 Å². The number of nitrogens with two attached hydrogens (primary N) is 1. The van der Waals surface area contributed by atoms with Crippen LogP contribution in [-0.4, -0.2) is 18.6 Å². The molecule has 0 aromatic carbocycles. The molecule has 0 atom stereocenters. The zero-order chi connectivity index (χ0) is 30.6. The smallest absolute Gasteiger partial charge is 0.319 e. The molecule has 0 radical (unpaired) electrons. The summed E-state index contributed by atoms with van der Waals surface area (Å²) in [5.41, 5.74) is 5.51. The minimum Gasteiger partial charge on any atom is -0.461 e. The van der Waals surface area contributed by atoms with Crippen molar-refractivity contribution in [3.63, 3.8) is 0 Å². The van der Waals surface area contributed by atoms with Crippen molar-refractivity contribution >= 4 is 5.97 Å². The van der Waals surface area contributed by atoms with Crippen LogP contribution in [0.25, 0.3) is 0 Å². The second-order valence-electron chi connectivity index (χ2n) is 12.1. The molecule has 0 aliphatic rings. The summed E-state index contributed by atoms with van der Waals surface area (Å²) in [6.07, 6.45) is 50.8. The standard InChI is InChI=1S/C39H71NO2/c1-3-5-7-9-11-13-15-17-19-21-23-25-27-29-31-33-35-38(42-39(41)37-40)36-34-32-30-28-26-24-22-20-18-16-14-12-10-8-6-4-2/h11-14,17-20,38H,3-10,15-16,21-37,40H2,1-2H3/b13-11-,14-12-,19-17-,20-18-. The number of esters is 1. The fourth-order valence-electron chi connectivity index (χ4n) is 5.22. The maximum absolute atomic E-state index is 11.8. The van der Waals surface area contributed by atoms with E-state index < -0.39 is 0 Å². The highest BCUT2D eigenvalue weighted by Crippen LogP contribution is 2.17. The van der Waals surface area contributed by atoms with E-state index >= 15 is 0 Å². The molecule has 244 valence electrons. The highest BCUT2D eigenvalue weighted by Gasteiger charge is 2.13. The Kier molecular flexibility index (Phi) is 34.2. The molecule has 0 saturated carbocycles. The molecule has 3 nitrogen and oxygen atoms in total. The van der Waals surface area contributed by atoms with E-state index in [4.69, 9.17) is 10.5 Å². The van der Waals surface area contributed by atoms with Gasteiger partial charge in [0.25, 0.3) is 0 Å². The van der Waals surface area contributed by atoms with Crippen molar-refractivity contribution in [2.24, 2.45) is 5.73 Å². The van der Waals surface area contributed by atoms with Crippen molar-refractivity contribution in [2.45, 2.75) is 187 Å². The Labute approximate surface area is 262 Å². The van der Waals surface area contributed by atoms with Crippen molar-refractivity contribution in [3.05, 3.63) is 48.6 Å². The van der Waals surface area contributed by atoms with Gasteiger partial charge in [0.15, 0.2) is 0 Å². The minimum atomic E-state index is -0.250. The molecule has 0 fully saturated rings. The van der Waals surface area contributed by atoms with Crippen LogP contribution in [0.5, 0.6) is 0 Å². The molecule has 0 amide bonds. The molecule has 0 spiro atoms. The molecule has 0 rings (SSSR count). The van der Waals surface area contributed by atoms with Crippen LogP contribution in [0, 0.1) is 0 Å². The normalized spacial score (nSPS) is 12.3. The monoisotopic (exact) mass is 586 g/mol. The predicted octanol–water partition coefficient (Wildman–Crippen LogP) is 12.3. The van der Waals surface area contributed by atoms with Gasteiger partial charge in [-0.2, -0.15) is 0 Å². The number of hydrogen-bond donors (Lipinski definition) is 1. The zero-order valence-electron chi connectivity index (χ0n) is 28.2. The summed E-state index contributed by atoms with van der Waals surface area (Å²) in [5.74, 6) is -0.250. The quantitative estimate of drug-likeness (QED) is 0.0485. The number of ether oxygens (including phenoxy) is 1. The van der Waals surface area contributed by atoms with Crippen LogP contribution in [0.4, 0.5) is 0 Å². The fraction of sp³-hybridized carbons (Fsp3) is 0.769. The molecule has 0 aromatic rings. The van der Waals surface area contributed by atoms with Gasteiger partial charge in [0.05, 0.1) is 6.54 Å². The van der Waals surface area contributed by atoms with E-state index in [-0.39, 0.29) is 18.6 Å². The summed E-state index contributed by atoms with van der Waals surface area (Å²) in [6, 6.07) is 0. The largest absolute Gasteiger partial charge is 0.461 e. The summed E-state index contributed by atoms with van der Waals surface area (Å²) in [4.78, 5) is 11.8. The van der Waals surface area contributed by atoms with Crippen molar-refractivity contribution in [2.75, 3.05) is 6.54 Å². The topological polar surface area (TPSA) is 52.3 Å². The van der Waals surface area contributed by atoms with E-state index in [1.807, 2.05) is 0 Å². The number of carbonyl (C=O) groups excluding carboxylic acids is 1. The molecule has 0 aromatic heterocycles. The molecule has 0 heterocycles. The highest BCUT2D eigenvalue weighted by molar-refractivity contribution is 5.71. The first-order valence-corrected chi connectivity index (χ1v) is 18.2. The second-order valence-corrected chi connectivity index (χ2v) is 12.1. The zero-order valence-corrected chi connectivity index (χ0v) is 28.2. The number of carbonyl (C=O) groups is 1. The van der Waals surface area contributed by atoms with Gasteiger partial charge in [-0.1, -0.05) is 140 Å². The Balaban J connectivity index is 3.72. The van der Waals surface area contributed by atoms with Gasteiger partial charge >= 0.3 is 5.97 Å². The Hall–Kier alpha value is -1.61. The molecular weight excluding hydrogens is 514 g/mol. The van der Waals surface area contributed by atoms with Gasteiger partial charge in [0, 0.05) is 0 Å². The van der Waals surface area contributed by atoms with E-state index in [2.05, 4.69) is 62.5 Å². The summed E-state index contributed by atoms with van der Waals surface area (Å²) >= 11 is 0. The lowest BCUT2D eigenvalue weighted by molar-refractivity contribution is -0.148. The summed E-state index contributed by atoms with van der Waals surface area (Å²) in [5, 5.41) is 0. The van der Waals surface area contributed by atoms with E-state index in [1.165, 1.54) is 128 Å². The van der Waals surface area contributed by atoms with E-state index in [0.29, 0.717) is 0 Å². The van der Waals surface area contributed by atoms with Crippen LogP contribution >= 0.6 is 0 Å². The van der Waals surface area contributed by atoms with Crippen molar-refractivity contribution in [1.29, 1.82) is 0 Å². The fourth-order valence-corrected chi connectivity index (χ4v) is 5.22. The molecule has 0 saturated heterocycles. The van der Waals surface area contributed by atoms with Crippen LogP contribution in [0.15, 0.2) is 48.6 Å². The van der Waals surface area contributed by atoms with Crippen LogP contribution in [0.1, 0.15) is 181 Å². The molecule has 0 aliphatic heterocycles. The molecule has 0 unspecified atom stereocenters. The molecule has 2 N–H and O–H groups in total. The number of rotatable bonds is 32. The van der Waals surface area contributed by atoms with Crippen LogP contribution in [0.3, 0.4) is 0 Å². The van der Waals surface area contributed by atoms with E-state index in [1.54, 1.807) is 0 Å². The first-order chi connectivity index (χ1) is 20.7. The molecule has 42 heavy (non-hydrogen) atoms. The highest BCUT2D eigenvalue weighted by atomic mass is 16.5. The van der Waals surface area contributed by atoms with Crippen LogP contribution < -0.4 is 5.73 Å². The Morgan fingerprint density at radius 3 is 1.19 bits per heavy atom. The maximum Gasteiger partial charge on any atom is 0.319 e. The van der Waals surface area contributed by atoms with Crippen LogP contribution in [0.2, 0.25) is 0 Å². The average molecular weight is 586 g/mol. The minimum absolute atomic E-state index is 0.0100. The molecule has 0 aliphatic carbocycles. The molecule has 3 heteroatoms. The first kappa shape index (κ1) is 40.4. The van der Waals surface area contributed by atoms with Crippen molar-refractivity contribution in [1.82, 2.24) is 0 Å². The Morgan fingerprint density at radius 1 is 0.500 bits per heavy atom. The Bertz CT molecular complexity index is 615. The summed E-state index contributed by atoms with van der Waals surface area (Å²) < 4.78 is 5.66. The van der Waals surface area contributed by atoms with Crippen LogP contribution in [-0.2, 0) is 9.53 Å². The first-order valence-electron chi connectivity index (χ1n) is 18.2. The summed E-state index contributed by atoms with van der Waals surface area (Å²) in [7, 11) is 0. The molecule has 0 bridgehead atoms. The SMILES string of the molecule is CCCCC/C=C\C/C=C\CCCCCCCCC(CCCCCCCC/C=C\C/C=C\CCCCC)OC(=O)CN. The van der Waals surface area contributed by atoms with Gasteiger partial charge in [-0.25, -0.2) is 0 Å². The van der Waals surface area contributed by atoms with Crippen molar-refractivity contribution in [3.8, 4) is 0 Å². The number of hydrogen-bond acceptors (Lipinski definition) is 3. The Morgan fingerprint density at radius 2 is 0.833 bits per heavy atom. The summed E-state index contributed by atoms with van der Waals surface area (Å²) in [6.45, 7) is 4.50. The van der Waals surface area contributed by atoms with E-state index in [9.17, 15) is 4.79 Å². The maximum atomic E-state index is 11.8. The van der Waals surface area contributed by atoms with Gasteiger partial charge in [-0.05, 0) is 89.9 Å². The van der Waals surface area contributed by atoms with Gasteiger partial charge in [0.1, 0.15) is 6.10 Å². The van der Waals surface area contributed by atoms with Crippen molar-refractivity contribution < 1.29 is 9.53 Å². The molecular formula is C39H71NO2. The third-order valence-corrected chi connectivity index (χ3v) is 7.92. The second kappa shape index (κ2) is 35.6. The third-order valence-electron chi connectivity index (χ3n) is 7.92. The lowest BCUT2D eigenvalue weighted by atomic mass is 10.0. The van der Waals surface area contributed by atoms with E-state index in [0.717, 1.165) is 38.5 Å². The lowest BCUT2D eigenvalue weighted by Crippen LogP contribution is -2.24. The lowest BCUT2D eigenvalue weighted by Gasteiger charge is -2.17. The van der Waals surface area contributed by atoms with Gasteiger partial charge < -0.3 is 10.5 Å². The average Bonchev–Trinajstić information content (AvgIpc) is 3.00.